The highest BCUT2D eigenvalue weighted by Crippen LogP contribution is 2.19. The Labute approximate surface area is 83.1 Å². The van der Waals surface area contributed by atoms with Crippen LogP contribution in [-0.2, 0) is 30.0 Å². The van der Waals surface area contributed by atoms with E-state index in [9.17, 15) is 8.42 Å². The second-order valence-electron chi connectivity index (χ2n) is 3.35. The van der Waals surface area contributed by atoms with Gasteiger partial charge in [0.25, 0.3) is 0 Å². The first-order chi connectivity index (χ1) is 6.56. The van der Waals surface area contributed by atoms with Crippen LogP contribution in [0.2, 0.25) is 0 Å². The van der Waals surface area contributed by atoms with Crippen LogP contribution in [0.25, 0.3) is 0 Å². The lowest BCUT2D eigenvalue weighted by Gasteiger charge is -2.03. The number of nitrogens with one attached hydrogen (secondary N) is 1. The Kier molecular flexibility index (Phi) is 2.11. The summed E-state index contributed by atoms with van der Waals surface area (Å²) in [6.45, 7) is 3.01. The van der Waals surface area contributed by atoms with Crippen molar-refractivity contribution in [3.8, 4) is 0 Å². The SMILES string of the molecule is CCS(=O)(=O)c1nc2c(n1C)CNC2. The highest BCUT2D eigenvalue weighted by atomic mass is 32.2. The van der Waals surface area contributed by atoms with Crippen molar-refractivity contribution in [1.29, 1.82) is 0 Å². The average Bonchev–Trinajstić information content (AvgIpc) is 2.69. The lowest BCUT2D eigenvalue weighted by Crippen LogP contribution is -2.14. The lowest BCUT2D eigenvalue weighted by molar-refractivity contribution is 0.573. The van der Waals surface area contributed by atoms with Crippen LogP contribution in [0, 0.1) is 0 Å². The Hall–Kier alpha value is -0.880. The zero-order chi connectivity index (χ0) is 10.3. The molecule has 0 fully saturated rings. The van der Waals surface area contributed by atoms with Gasteiger partial charge in [-0.3, -0.25) is 0 Å². The summed E-state index contributed by atoms with van der Waals surface area (Å²) >= 11 is 0. The molecule has 0 aromatic carbocycles. The van der Waals surface area contributed by atoms with Gasteiger partial charge >= 0.3 is 0 Å². The molecule has 0 spiro atoms. The number of hydrogen-bond acceptors (Lipinski definition) is 4. The molecule has 0 amide bonds. The number of sulfone groups is 1. The van der Waals surface area contributed by atoms with Crippen molar-refractivity contribution in [1.82, 2.24) is 14.9 Å². The number of hydrogen-bond donors (Lipinski definition) is 1. The number of fused-ring (bicyclic) bond motifs is 1. The summed E-state index contributed by atoms with van der Waals surface area (Å²) in [5.41, 5.74) is 1.84. The third-order valence-corrected chi connectivity index (χ3v) is 4.18. The quantitative estimate of drug-likeness (QED) is 0.743. The van der Waals surface area contributed by atoms with E-state index < -0.39 is 9.84 Å². The fourth-order valence-corrected chi connectivity index (χ4v) is 2.67. The Morgan fingerprint density at radius 2 is 2.21 bits per heavy atom. The van der Waals surface area contributed by atoms with Crippen molar-refractivity contribution in [2.75, 3.05) is 5.75 Å². The van der Waals surface area contributed by atoms with Gasteiger partial charge in [-0.1, -0.05) is 6.92 Å². The first kappa shape index (κ1) is 9.67. The topological polar surface area (TPSA) is 64.0 Å². The molecule has 78 valence electrons. The van der Waals surface area contributed by atoms with E-state index in [4.69, 9.17) is 0 Å². The summed E-state index contributed by atoms with van der Waals surface area (Å²) in [6.07, 6.45) is 0. The Bertz CT molecular complexity index is 461. The average molecular weight is 215 g/mol. The molecule has 0 unspecified atom stereocenters. The fraction of sp³-hybridized carbons (Fsp3) is 0.625. The van der Waals surface area contributed by atoms with Gasteiger partial charge in [0, 0.05) is 20.1 Å². The van der Waals surface area contributed by atoms with Crippen molar-refractivity contribution in [3.63, 3.8) is 0 Å². The van der Waals surface area contributed by atoms with E-state index in [-0.39, 0.29) is 10.9 Å². The Morgan fingerprint density at radius 3 is 2.79 bits per heavy atom. The van der Waals surface area contributed by atoms with Crippen LogP contribution in [0.1, 0.15) is 18.3 Å². The van der Waals surface area contributed by atoms with Gasteiger partial charge in [-0.2, -0.15) is 0 Å². The zero-order valence-electron chi connectivity index (χ0n) is 8.24. The van der Waals surface area contributed by atoms with Crippen molar-refractivity contribution in [2.24, 2.45) is 7.05 Å². The molecular formula is C8H13N3O2S. The van der Waals surface area contributed by atoms with E-state index in [2.05, 4.69) is 10.3 Å². The summed E-state index contributed by atoms with van der Waals surface area (Å²) in [5, 5.41) is 3.33. The van der Waals surface area contributed by atoms with Crippen molar-refractivity contribution in [3.05, 3.63) is 11.4 Å². The smallest absolute Gasteiger partial charge is 0.227 e. The first-order valence-electron chi connectivity index (χ1n) is 4.54. The van der Waals surface area contributed by atoms with Gasteiger partial charge < -0.3 is 9.88 Å². The first-order valence-corrected chi connectivity index (χ1v) is 6.19. The predicted octanol–water partition coefficient (Wildman–Crippen LogP) is -0.183. The predicted molar refractivity (Wildman–Crippen MR) is 51.5 cm³/mol. The molecule has 0 aliphatic carbocycles. The number of rotatable bonds is 2. The van der Waals surface area contributed by atoms with Gasteiger partial charge in [0.1, 0.15) is 0 Å². The van der Waals surface area contributed by atoms with E-state index >= 15 is 0 Å². The third kappa shape index (κ3) is 1.26. The van der Waals surface area contributed by atoms with E-state index in [1.54, 1.807) is 18.5 Å². The van der Waals surface area contributed by atoms with Crippen LogP contribution >= 0.6 is 0 Å². The molecular weight excluding hydrogens is 202 g/mol. The van der Waals surface area contributed by atoms with E-state index in [1.165, 1.54) is 0 Å². The molecule has 2 heterocycles. The van der Waals surface area contributed by atoms with E-state index in [1.807, 2.05) is 0 Å². The third-order valence-electron chi connectivity index (χ3n) is 2.50. The molecule has 5 nitrogen and oxygen atoms in total. The Balaban J connectivity index is 2.57. The van der Waals surface area contributed by atoms with E-state index in [0.717, 1.165) is 11.4 Å². The summed E-state index contributed by atoms with van der Waals surface area (Å²) < 4.78 is 24.9. The lowest BCUT2D eigenvalue weighted by atomic mass is 10.4. The van der Waals surface area contributed by atoms with Crippen LogP contribution in [-0.4, -0.2) is 23.7 Å². The second kappa shape index (κ2) is 3.06. The monoisotopic (exact) mass is 215 g/mol. The summed E-state index contributed by atoms with van der Waals surface area (Å²) in [5.74, 6) is 0.101. The second-order valence-corrected chi connectivity index (χ2v) is 5.53. The van der Waals surface area contributed by atoms with Gasteiger partial charge in [0.15, 0.2) is 0 Å². The maximum Gasteiger partial charge on any atom is 0.227 e. The van der Waals surface area contributed by atoms with Crippen LogP contribution in [0.5, 0.6) is 0 Å². The highest BCUT2D eigenvalue weighted by molar-refractivity contribution is 7.91. The molecule has 1 N–H and O–H groups in total. The highest BCUT2D eigenvalue weighted by Gasteiger charge is 2.25. The molecule has 0 saturated carbocycles. The molecule has 2 rings (SSSR count). The van der Waals surface area contributed by atoms with E-state index in [0.29, 0.717) is 13.1 Å². The van der Waals surface area contributed by atoms with Crippen molar-refractivity contribution >= 4 is 9.84 Å². The van der Waals surface area contributed by atoms with Gasteiger partial charge in [0.2, 0.25) is 15.0 Å². The maximum absolute atomic E-state index is 11.6. The molecule has 1 aliphatic heterocycles. The molecule has 1 aromatic heterocycles. The molecule has 0 saturated heterocycles. The number of imidazole rings is 1. The summed E-state index contributed by atoms with van der Waals surface area (Å²) in [6, 6.07) is 0. The molecule has 0 bridgehead atoms. The zero-order valence-corrected chi connectivity index (χ0v) is 9.06. The van der Waals surface area contributed by atoms with Crippen LogP contribution < -0.4 is 5.32 Å². The minimum atomic E-state index is -3.18. The standard InChI is InChI=1S/C8H13N3O2S/c1-3-14(12,13)8-10-6-4-9-5-7(6)11(8)2/h9H,3-5H2,1-2H3. The number of aromatic nitrogens is 2. The van der Waals surface area contributed by atoms with Gasteiger partial charge in [0.05, 0.1) is 17.1 Å². The van der Waals surface area contributed by atoms with Crippen LogP contribution in [0.15, 0.2) is 5.16 Å². The van der Waals surface area contributed by atoms with Gasteiger partial charge in [-0.25, -0.2) is 13.4 Å². The number of nitrogens with zero attached hydrogens (tertiary/aromatic N) is 2. The van der Waals surface area contributed by atoms with Crippen molar-refractivity contribution < 1.29 is 8.42 Å². The molecule has 1 aromatic rings. The minimum absolute atomic E-state index is 0.101. The maximum atomic E-state index is 11.6. The molecule has 0 atom stereocenters. The summed E-state index contributed by atoms with van der Waals surface area (Å²) in [7, 11) is -1.43. The molecule has 0 radical (unpaired) electrons. The Morgan fingerprint density at radius 1 is 1.50 bits per heavy atom. The van der Waals surface area contributed by atoms with Crippen LogP contribution in [0.3, 0.4) is 0 Å². The van der Waals surface area contributed by atoms with Gasteiger partial charge in [-0.15, -0.1) is 0 Å². The molecule has 6 heteroatoms. The van der Waals surface area contributed by atoms with Gasteiger partial charge in [-0.05, 0) is 0 Å². The fourth-order valence-electron chi connectivity index (χ4n) is 1.63. The van der Waals surface area contributed by atoms with Crippen LogP contribution in [0.4, 0.5) is 0 Å². The van der Waals surface area contributed by atoms with Crippen molar-refractivity contribution in [2.45, 2.75) is 25.2 Å². The largest absolute Gasteiger partial charge is 0.321 e. The normalized spacial score (nSPS) is 15.9. The molecule has 14 heavy (non-hydrogen) atoms. The molecule has 1 aliphatic rings. The minimum Gasteiger partial charge on any atom is -0.321 e. The summed E-state index contributed by atoms with van der Waals surface area (Å²) in [4.78, 5) is 4.15.